The molecule has 3 aromatic carbocycles. The van der Waals surface area contributed by atoms with Gasteiger partial charge in [0.05, 0.1) is 11.4 Å². The average Bonchev–Trinajstić information content (AvgIpc) is 3.00. The smallest absolute Gasteiger partial charge is 0.102 e. The van der Waals surface area contributed by atoms with Crippen LogP contribution in [-0.4, -0.2) is 18.1 Å². The molecule has 4 heteroatoms. The van der Waals surface area contributed by atoms with Crippen molar-refractivity contribution in [3.63, 3.8) is 0 Å². The maximum atomic E-state index is 5.96. The fourth-order valence-electron chi connectivity index (χ4n) is 4.12. The van der Waals surface area contributed by atoms with E-state index in [0.29, 0.717) is 6.61 Å². The Kier molecular flexibility index (Phi) is 14.1. The van der Waals surface area contributed by atoms with Gasteiger partial charge in [-0.05, 0) is 68.0 Å². The summed E-state index contributed by atoms with van der Waals surface area (Å²) in [5.41, 5.74) is 9.79. The summed E-state index contributed by atoms with van der Waals surface area (Å²) in [5, 5.41) is 5.59. The summed E-state index contributed by atoms with van der Waals surface area (Å²) in [7, 11) is 0. The van der Waals surface area contributed by atoms with Gasteiger partial charge in [0.25, 0.3) is 0 Å². The summed E-state index contributed by atoms with van der Waals surface area (Å²) < 4.78 is 0. The first-order valence-corrected chi connectivity index (χ1v) is 14.2. The van der Waals surface area contributed by atoms with Crippen molar-refractivity contribution < 1.29 is 4.84 Å². The van der Waals surface area contributed by atoms with Crippen molar-refractivity contribution in [1.82, 2.24) is 5.17 Å². The number of aliphatic imine (C=N–C) groups is 1. The van der Waals surface area contributed by atoms with Gasteiger partial charge in [0, 0.05) is 24.1 Å². The molecule has 40 heavy (non-hydrogen) atoms. The Morgan fingerprint density at radius 1 is 0.900 bits per heavy atom. The molecule has 0 unspecified atom stereocenters. The van der Waals surface area contributed by atoms with Crippen LogP contribution in [0.2, 0.25) is 0 Å². The molecule has 0 aliphatic heterocycles. The fraction of sp³-hybridized carbons (Fsp3) is 0.278. The monoisotopic (exact) mass is 535 g/mol. The number of rotatable bonds is 12. The van der Waals surface area contributed by atoms with Crippen LogP contribution in [0.3, 0.4) is 0 Å². The Morgan fingerprint density at radius 3 is 2.20 bits per heavy atom. The first-order valence-electron chi connectivity index (χ1n) is 14.2. The Labute approximate surface area is 242 Å². The number of aryl methyl sites for hydroxylation is 1. The van der Waals surface area contributed by atoms with Crippen LogP contribution in [0, 0.1) is 13.8 Å². The second kappa shape index (κ2) is 17.5. The van der Waals surface area contributed by atoms with Crippen LogP contribution in [0.25, 0.3) is 17.3 Å². The van der Waals surface area contributed by atoms with Gasteiger partial charge in [-0.25, -0.2) is 4.84 Å². The lowest BCUT2D eigenvalue weighted by Crippen LogP contribution is -2.16. The number of hydrogen-bond donors (Lipinski definition) is 0. The van der Waals surface area contributed by atoms with E-state index in [4.69, 9.17) is 9.83 Å². The molecule has 0 N–H and O–H groups in total. The molecule has 0 spiro atoms. The van der Waals surface area contributed by atoms with Crippen molar-refractivity contribution in [1.29, 1.82) is 0 Å². The summed E-state index contributed by atoms with van der Waals surface area (Å²) in [6.45, 7) is 18.6. The van der Waals surface area contributed by atoms with Crippen LogP contribution in [0.1, 0.15) is 80.8 Å². The predicted octanol–water partition coefficient (Wildman–Crippen LogP) is 10.1. The standard InChI is InChI=1S/C34H39N3O.C2H6/c1-7-10-23-36-33(8-2)32(31-18-14-15-26(4)27(31)5)24-28-19-21-30(22-20-28)34(9-3)37(35-6)38-25-29-16-12-11-13-17-29;1-2/h8-9,11-24H,6-7,10,25H2,1-5H3;1-2H3/b32-24-,33-8-,34-9-,36-23?;. The van der Waals surface area contributed by atoms with Gasteiger partial charge in [-0.1, -0.05) is 112 Å². The second-order valence-electron chi connectivity index (χ2n) is 9.05. The lowest BCUT2D eigenvalue weighted by atomic mass is 9.93. The highest BCUT2D eigenvalue weighted by molar-refractivity contribution is 5.93. The number of nitrogens with zero attached hydrogens (tertiary/aromatic N) is 3. The van der Waals surface area contributed by atoms with E-state index in [9.17, 15) is 0 Å². The van der Waals surface area contributed by atoms with Gasteiger partial charge in [-0.3, -0.25) is 4.99 Å². The highest BCUT2D eigenvalue weighted by Crippen LogP contribution is 2.31. The van der Waals surface area contributed by atoms with Gasteiger partial charge in [0.2, 0.25) is 0 Å². The zero-order valence-electron chi connectivity index (χ0n) is 25.3. The number of hydrogen-bond acceptors (Lipinski definition) is 4. The van der Waals surface area contributed by atoms with Crippen molar-refractivity contribution in [2.75, 3.05) is 0 Å². The minimum Gasteiger partial charge on any atom is -0.261 e. The van der Waals surface area contributed by atoms with Crippen LogP contribution in [0.4, 0.5) is 0 Å². The van der Waals surface area contributed by atoms with E-state index in [2.05, 4.69) is 87.2 Å². The van der Waals surface area contributed by atoms with Crippen molar-refractivity contribution >= 4 is 30.3 Å². The molecular formula is C36H45N3O. The lowest BCUT2D eigenvalue weighted by Gasteiger charge is -2.21. The Morgan fingerprint density at radius 2 is 1.60 bits per heavy atom. The average molecular weight is 536 g/mol. The quantitative estimate of drug-likeness (QED) is 0.100. The van der Waals surface area contributed by atoms with Crippen LogP contribution in [0.15, 0.2) is 101 Å². The molecule has 210 valence electrons. The summed E-state index contributed by atoms with van der Waals surface area (Å²) in [4.78, 5) is 10.8. The van der Waals surface area contributed by atoms with E-state index in [1.165, 1.54) is 21.9 Å². The molecule has 0 amide bonds. The van der Waals surface area contributed by atoms with E-state index in [-0.39, 0.29) is 0 Å². The van der Waals surface area contributed by atoms with Gasteiger partial charge in [0.15, 0.2) is 0 Å². The normalized spacial score (nSPS) is 12.2. The first kappa shape index (κ1) is 32.2. The summed E-state index contributed by atoms with van der Waals surface area (Å²) in [6.07, 6.45) is 10.3. The molecule has 0 bridgehead atoms. The van der Waals surface area contributed by atoms with Crippen LogP contribution in [-0.2, 0) is 11.4 Å². The molecular weight excluding hydrogens is 490 g/mol. The number of hydrazone groups is 1. The maximum absolute atomic E-state index is 5.96. The zero-order valence-corrected chi connectivity index (χ0v) is 25.3. The molecule has 0 aromatic heterocycles. The van der Waals surface area contributed by atoms with E-state index >= 15 is 0 Å². The molecule has 0 radical (unpaired) electrons. The molecule has 0 saturated carbocycles. The third-order valence-corrected chi connectivity index (χ3v) is 6.41. The Hall–Kier alpha value is -4.02. The van der Waals surface area contributed by atoms with Crippen molar-refractivity contribution in [3.05, 3.63) is 124 Å². The number of allylic oxidation sites excluding steroid dienone is 3. The van der Waals surface area contributed by atoms with Crippen molar-refractivity contribution in [3.8, 4) is 0 Å². The Bertz CT molecular complexity index is 1320. The van der Waals surface area contributed by atoms with Crippen LogP contribution >= 0.6 is 0 Å². The van der Waals surface area contributed by atoms with E-state index in [1.54, 1.807) is 0 Å². The summed E-state index contributed by atoms with van der Waals surface area (Å²) >= 11 is 0. The number of hydroxylamine groups is 1. The number of unbranched alkanes of at least 4 members (excludes halogenated alkanes) is 1. The van der Waals surface area contributed by atoms with Crippen molar-refractivity contribution in [2.24, 2.45) is 10.1 Å². The van der Waals surface area contributed by atoms with E-state index in [0.717, 1.165) is 46.5 Å². The summed E-state index contributed by atoms with van der Waals surface area (Å²) in [6, 6.07) is 24.9. The minimum atomic E-state index is 0.405. The minimum absolute atomic E-state index is 0.405. The van der Waals surface area contributed by atoms with Crippen molar-refractivity contribution in [2.45, 2.75) is 67.9 Å². The maximum Gasteiger partial charge on any atom is 0.102 e. The van der Waals surface area contributed by atoms with E-state index < -0.39 is 0 Å². The highest BCUT2D eigenvalue weighted by Gasteiger charge is 2.13. The van der Waals surface area contributed by atoms with Crippen LogP contribution < -0.4 is 0 Å². The second-order valence-corrected chi connectivity index (χ2v) is 9.05. The van der Waals surface area contributed by atoms with Crippen LogP contribution in [0.5, 0.6) is 0 Å². The molecule has 3 aromatic rings. The molecule has 0 fully saturated rings. The lowest BCUT2D eigenvalue weighted by molar-refractivity contribution is -0.119. The summed E-state index contributed by atoms with van der Waals surface area (Å²) in [5.74, 6) is 0. The predicted molar refractivity (Wildman–Crippen MR) is 175 cm³/mol. The highest BCUT2D eigenvalue weighted by atomic mass is 16.7. The number of benzene rings is 3. The van der Waals surface area contributed by atoms with Gasteiger partial charge in [0.1, 0.15) is 6.61 Å². The zero-order chi connectivity index (χ0) is 29.3. The molecule has 0 aliphatic rings. The molecule has 0 atom stereocenters. The van der Waals surface area contributed by atoms with Gasteiger partial charge in [-0.15, -0.1) is 5.17 Å². The first-order chi connectivity index (χ1) is 19.5. The largest absolute Gasteiger partial charge is 0.261 e. The van der Waals surface area contributed by atoms with Gasteiger partial charge in [-0.2, -0.15) is 5.10 Å². The van der Waals surface area contributed by atoms with E-state index in [1.807, 2.05) is 70.3 Å². The fourth-order valence-corrected chi connectivity index (χ4v) is 4.12. The molecule has 0 saturated heterocycles. The molecule has 3 rings (SSSR count). The topological polar surface area (TPSA) is 37.2 Å². The third kappa shape index (κ3) is 9.03. The molecule has 4 nitrogen and oxygen atoms in total. The Balaban J connectivity index is 0.00000274. The molecule has 0 aliphatic carbocycles. The van der Waals surface area contributed by atoms with Gasteiger partial charge < -0.3 is 0 Å². The van der Waals surface area contributed by atoms with Gasteiger partial charge >= 0.3 is 0 Å². The SMILES string of the molecule is C=NN(OCc1ccccc1)/C(=C\C)c1ccc(/C=C(\C(=C\C)N=CCCC)c2cccc(C)c2C)cc1.CC. The third-order valence-electron chi connectivity index (χ3n) is 6.41. The molecule has 0 heterocycles.